The molecule has 21 heavy (non-hydrogen) atoms. The third-order valence-corrected chi connectivity index (χ3v) is 3.12. The fourth-order valence-corrected chi connectivity index (χ4v) is 2.06. The SMILES string of the molecule is COc1c(O)ccc(/C=C\Cc2ccc(O)cc2)c1OC. The fourth-order valence-electron chi connectivity index (χ4n) is 2.06. The zero-order valence-corrected chi connectivity index (χ0v) is 12.0. The Morgan fingerprint density at radius 2 is 1.57 bits per heavy atom. The lowest BCUT2D eigenvalue weighted by atomic mass is 10.1. The van der Waals surface area contributed by atoms with Crippen LogP contribution in [0.5, 0.6) is 23.0 Å². The summed E-state index contributed by atoms with van der Waals surface area (Å²) in [6.07, 6.45) is 4.63. The van der Waals surface area contributed by atoms with Gasteiger partial charge in [-0.05, 0) is 36.2 Å². The number of hydrogen-bond donors (Lipinski definition) is 2. The third kappa shape index (κ3) is 3.48. The van der Waals surface area contributed by atoms with Crippen LogP contribution in [0.2, 0.25) is 0 Å². The lowest BCUT2D eigenvalue weighted by molar-refractivity contribution is 0.332. The molecule has 0 fully saturated rings. The van der Waals surface area contributed by atoms with E-state index in [1.54, 1.807) is 24.3 Å². The molecule has 0 bridgehead atoms. The van der Waals surface area contributed by atoms with Crippen molar-refractivity contribution in [1.82, 2.24) is 0 Å². The normalized spacial score (nSPS) is 10.8. The molecule has 0 spiro atoms. The van der Waals surface area contributed by atoms with Gasteiger partial charge in [-0.25, -0.2) is 0 Å². The number of aromatic hydroxyl groups is 2. The molecule has 0 aliphatic rings. The predicted octanol–water partition coefficient (Wildman–Crippen LogP) is 3.37. The number of phenolic OH excluding ortho intramolecular Hbond substituents is 2. The molecule has 0 atom stereocenters. The maximum absolute atomic E-state index is 9.72. The van der Waals surface area contributed by atoms with Crippen molar-refractivity contribution < 1.29 is 19.7 Å². The summed E-state index contributed by atoms with van der Waals surface area (Å²) in [5, 5.41) is 19.0. The zero-order chi connectivity index (χ0) is 15.2. The molecule has 2 N–H and O–H groups in total. The summed E-state index contributed by atoms with van der Waals surface area (Å²) >= 11 is 0. The Balaban J connectivity index is 2.19. The van der Waals surface area contributed by atoms with Gasteiger partial charge in [-0.1, -0.05) is 24.3 Å². The van der Waals surface area contributed by atoms with Crippen LogP contribution < -0.4 is 9.47 Å². The summed E-state index contributed by atoms with van der Waals surface area (Å²) in [7, 11) is 3.02. The summed E-state index contributed by atoms with van der Waals surface area (Å²) in [5.41, 5.74) is 1.92. The van der Waals surface area contributed by atoms with Crippen molar-refractivity contribution in [2.45, 2.75) is 6.42 Å². The molecule has 0 saturated carbocycles. The second-order valence-electron chi connectivity index (χ2n) is 4.51. The quantitative estimate of drug-likeness (QED) is 0.884. The fraction of sp³-hybridized carbons (Fsp3) is 0.176. The van der Waals surface area contributed by atoms with E-state index in [0.717, 1.165) is 17.5 Å². The Morgan fingerprint density at radius 1 is 0.905 bits per heavy atom. The van der Waals surface area contributed by atoms with Gasteiger partial charge < -0.3 is 19.7 Å². The number of phenols is 2. The molecule has 0 radical (unpaired) electrons. The summed E-state index contributed by atoms with van der Waals surface area (Å²) in [5.74, 6) is 1.13. The van der Waals surface area contributed by atoms with Crippen LogP contribution >= 0.6 is 0 Å². The second kappa shape index (κ2) is 6.70. The van der Waals surface area contributed by atoms with Gasteiger partial charge in [0, 0.05) is 5.56 Å². The molecule has 0 amide bonds. The Labute approximate surface area is 123 Å². The topological polar surface area (TPSA) is 58.9 Å². The van der Waals surface area contributed by atoms with Gasteiger partial charge >= 0.3 is 0 Å². The van der Waals surface area contributed by atoms with Crippen LogP contribution in [0, 0.1) is 0 Å². The highest BCUT2D eigenvalue weighted by molar-refractivity contribution is 5.66. The summed E-state index contributed by atoms with van der Waals surface area (Å²) in [4.78, 5) is 0. The van der Waals surface area contributed by atoms with E-state index < -0.39 is 0 Å². The van der Waals surface area contributed by atoms with Crippen LogP contribution in [0.1, 0.15) is 11.1 Å². The number of methoxy groups -OCH3 is 2. The van der Waals surface area contributed by atoms with E-state index in [0.29, 0.717) is 11.5 Å². The van der Waals surface area contributed by atoms with Gasteiger partial charge in [-0.3, -0.25) is 0 Å². The lowest BCUT2D eigenvalue weighted by Crippen LogP contribution is -1.93. The number of allylic oxidation sites excluding steroid dienone is 1. The van der Waals surface area contributed by atoms with E-state index in [1.165, 1.54) is 14.2 Å². The Hall–Kier alpha value is -2.62. The highest BCUT2D eigenvalue weighted by atomic mass is 16.5. The minimum atomic E-state index is 0.0463. The van der Waals surface area contributed by atoms with Gasteiger partial charge in [-0.2, -0.15) is 0 Å². The molecule has 2 rings (SSSR count). The molecule has 0 unspecified atom stereocenters. The van der Waals surface area contributed by atoms with E-state index in [4.69, 9.17) is 9.47 Å². The summed E-state index contributed by atoms with van der Waals surface area (Å²) in [6, 6.07) is 10.4. The van der Waals surface area contributed by atoms with Gasteiger partial charge in [0.05, 0.1) is 14.2 Å². The van der Waals surface area contributed by atoms with Gasteiger partial charge in [0.25, 0.3) is 0 Å². The summed E-state index contributed by atoms with van der Waals surface area (Å²) < 4.78 is 10.4. The molecule has 110 valence electrons. The van der Waals surface area contributed by atoms with Crippen molar-refractivity contribution in [3.8, 4) is 23.0 Å². The molecule has 2 aromatic carbocycles. The minimum absolute atomic E-state index is 0.0463. The van der Waals surface area contributed by atoms with E-state index in [9.17, 15) is 10.2 Å². The lowest BCUT2D eigenvalue weighted by Gasteiger charge is -2.11. The maximum Gasteiger partial charge on any atom is 0.203 e. The van der Waals surface area contributed by atoms with Crippen molar-refractivity contribution in [2.24, 2.45) is 0 Å². The third-order valence-electron chi connectivity index (χ3n) is 3.12. The molecular formula is C17H18O4. The summed E-state index contributed by atoms with van der Waals surface area (Å²) in [6.45, 7) is 0. The van der Waals surface area contributed by atoms with E-state index in [2.05, 4.69) is 0 Å². The van der Waals surface area contributed by atoms with Crippen molar-refractivity contribution in [3.05, 3.63) is 53.6 Å². The Kier molecular flexibility index (Phi) is 4.72. The Bertz CT molecular complexity index is 630. The smallest absolute Gasteiger partial charge is 0.203 e. The second-order valence-corrected chi connectivity index (χ2v) is 4.51. The molecule has 4 heteroatoms. The molecule has 0 aromatic heterocycles. The van der Waals surface area contributed by atoms with E-state index >= 15 is 0 Å². The standard InChI is InChI=1S/C17H18O4/c1-20-16-13(8-11-15(19)17(16)21-2)5-3-4-12-6-9-14(18)10-7-12/h3,5-11,18-19H,4H2,1-2H3/b5-3-. The van der Waals surface area contributed by atoms with Crippen LogP contribution in [0.15, 0.2) is 42.5 Å². The molecule has 0 aliphatic heterocycles. The number of hydrogen-bond acceptors (Lipinski definition) is 4. The van der Waals surface area contributed by atoms with Crippen LogP contribution in [0.25, 0.3) is 6.08 Å². The Morgan fingerprint density at radius 3 is 2.19 bits per heavy atom. The van der Waals surface area contributed by atoms with Crippen molar-refractivity contribution >= 4 is 6.08 Å². The van der Waals surface area contributed by atoms with Gasteiger partial charge in [0.1, 0.15) is 5.75 Å². The first kappa shape index (κ1) is 14.8. The van der Waals surface area contributed by atoms with Crippen LogP contribution in [0.4, 0.5) is 0 Å². The van der Waals surface area contributed by atoms with Crippen LogP contribution in [0.3, 0.4) is 0 Å². The molecule has 0 saturated heterocycles. The largest absolute Gasteiger partial charge is 0.508 e. The van der Waals surface area contributed by atoms with E-state index in [1.807, 2.05) is 24.3 Å². The molecule has 0 heterocycles. The highest BCUT2D eigenvalue weighted by Crippen LogP contribution is 2.39. The number of rotatable bonds is 5. The maximum atomic E-state index is 9.72. The number of ether oxygens (including phenoxy) is 2. The van der Waals surface area contributed by atoms with Crippen molar-refractivity contribution in [1.29, 1.82) is 0 Å². The molecule has 0 aliphatic carbocycles. The zero-order valence-electron chi connectivity index (χ0n) is 12.0. The molecule has 2 aromatic rings. The average molecular weight is 286 g/mol. The van der Waals surface area contributed by atoms with Crippen molar-refractivity contribution in [2.75, 3.05) is 14.2 Å². The molecular weight excluding hydrogens is 268 g/mol. The van der Waals surface area contributed by atoms with Crippen LogP contribution in [-0.2, 0) is 6.42 Å². The monoisotopic (exact) mass is 286 g/mol. The molecule has 4 nitrogen and oxygen atoms in total. The predicted molar refractivity (Wildman–Crippen MR) is 82.1 cm³/mol. The first-order valence-corrected chi connectivity index (χ1v) is 6.54. The van der Waals surface area contributed by atoms with Gasteiger partial charge in [0.2, 0.25) is 5.75 Å². The number of benzene rings is 2. The average Bonchev–Trinajstić information content (AvgIpc) is 2.50. The van der Waals surface area contributed by atoms with E-state index in [-0.39, 0.29) is 11.5 Å². The van der Waals surface area contributed by atoms with Gasteiger partial charge in [-0.15, -0.1) is 0 Å². The van der Waals surface area contributed by atoms with Crippen molar-refractivity contribution in [3.63, 3.8) is 0 Å². The first-order valence-electron chi connectivity index (χ1n) is 6.54. The van der Waals surface area contributed by atoms with Gasteiger partial charge in [0.15, 0.2) is 11.5 Å². The first-order chi connectivity index (χ1) is 10.2. The minimum Gasteiger partial charge on any atom is -0.508 e. The van der Waals surface area contributed by atoms with Crippen LogP contribution in [-0.4, -0.2) is 24.4 Å². The highest BCUT2D eigenvalue weighted by Gasteiger charge is 2.12.